The first kappa shape index (κ1) is 11.7. The first-order chi connectivity index (χ1) is 8.69. The topological polar surface area (TPSA) is 23.5 Å². The lowest BCUT2D eigenvalue weighted by molar-refractivity contribution is -0.0190. The summed E-state index contributed by atoms with van der Waals surface area (Å²) in [4.78, 5) is 2.28. The van der Waals surface area contributed by atoms with Crippen LogP contribution in [0.15, 0.2) is 42.5 Å². The van der Waals surface area contributed by atoms with Crippen molar-refractivity contribution >= 4 is 10.8 Å². The summed E-state index contributed by atoms with van der Waals surface area (Å²) < 4.78 is 0. The zero-order chi connectivity index (χ0) is 12.6. The molecule has 1 fully saturated rings. The molecule has 94 valence electrons. The normalized spacial score (nSPS) is 20.1. The van der Waals surface area contributed by atoms with Crippen molar-refractivity contribution in [3.8, 4) is 0 Å². The van der Waals surface area contributed by atoms with Gasteiger partial charge in [0.15, 0.2) is 0 Å². The summed E-state index contributed by atoms with van der Waals surface area (Å²) in [6.07, 6.45) is 1.63. The summed E-state index contributed by atoms with van der Waals surface area (Å²) in [7, 11) is 2.11. The molecule has 1 heterocycles. The molecule has 2 aromatic rings. The molecule has 1 N–H and O–H groups in total. The summed E-state index contributed by atoms with van der Waals surface area (Å²) in [5.41, 5.74) is 0.432. The van der Waals surface area contributed by atoms with Crippen LogP contribution in [-0.4, -0.2) is 30.1 Å². The second-order valence-corrected chi connectivity index (χ2v) is 5.36. The Morgan fingerprint density at radius 1 is 1.00 bits per heavy atom. The van der Waals surface area contributed by atoms with E-state index < -0.39 is 5.60 Å². The molecule has 0 radical (unpaired) electrons. The van der Waals surface area contributed by atoms with Gasteiger partial charge >= 0.3 is 0 Å². The fourth-order valence-corrected chi connectivity index (χ4v) is 2.89. The number of hydrogen-bond donors (Lipinski definition) is 1. The summed E-state index contributed by atoms with van der Waals surface area (Å²) >= 11 is 0. The number of aliphatic hydroxyl groups is 1. The highest BCUT2D eigenvalue weighted by Crippen LogP contribution is 2.36. The Morgan fingerprint density at radius 3 is 2.44 bits per heavy atom. The molecule has 3 rings (SSSR count). The number of likely N-dealkylation sites (tertiary alicyclic amines) is 1. The van der Waals surface area contributed by atoms with Crippen molar-refractivity contribution in [1.29, 1.82) is 0 Å². The highest BCUT2D eigenvalue weighted by molar-refractivity contribution is 5.86. The Hall–Kier alpha value is -1.38. The van der Waals surface area contributed by atoms with Crippen LogP contribution in [0.2, 0.25) is 0 Å². The fourth-order valence-electron chi connectivity index (χ4n) is 2.89. The Balaban J connectivity index is 2.08. The molecule has 2 nitrogen and oxygen atoms in total. The van der Waals surface area contributed by atoms with Crippen LogP contribution in [0.4, 0.5) is 0 Å². The van der Waals surface area contributed by atoms with E-state index in [0.29, 0.717) is 0 Å². The third-order valence-corrected chi connectivity index (χ3v) is 4.11. The van der Waals surface area contributed by atoms with Gasteiger partial charge in [0, 0.05) is 13.1 Å². The van der Waals surface area contributed by atoms with Crippen LogP contribution < -0.4 is 0 Å². The molecule has 0 bridgehead atoms. The van der Waals surface area contributed by atoms with Crippen LogP contribution in [-0.2, 0) is 5.60 Å². The van der Waals surface area contributed by atoms with E-state index in [1.54, 1.807) is 0 Å². The maximum Gasteiger partial charge on any atom is 0.0926 e. The van der Waals surface area contributed by atoms with Gasteiger partial charge in [-0.25, -0.2) is 0 Å². The van der Waals surface area contributed by atoms with Crippen LogP contribution >= 0.6 is 0 Å². The van der Waals surface area contributed by atoms with Gasteiger partial charge < -0.3 is 10.0 Å². The molecular weight excluding hydrogens is 222 g/mol. The Morgan fingerprint density at radius 2 is 1.67 bits per heavy atom. The van der Waals surface area contributed by atoms with E-state index in [4.69, 9.17) is 0 Å². The van der Waals surface area contributed by atoms with Crippen LogP contribution in [0.5, 0.6) is 0 Å². The molecule has 1 aliphatic heterocycles. The van der Waals surface area contributed by atoms with Gasteiger partial charge in [-0.1, -0.05) is 42.5 Å². The minimum atomic E-state index is -0.659. The van der Waals surface area contributed by atoms with Gasteiger partial charge in [0.25, 0.3) is 0 Å². The lowest BCUT2D eigenvalue weighted by atomic mass is 9.82. The average Bonchev–Trinajstić information content (AvgIpc) is 2.42. The molecule has 2 aromatic carbocycles. The lowest BCUT2D eigenvalue weighted by Gasteiger charge is -2.37. The van der Waals surface area contributed by atoms with Gasteiger partial charge in [0.1, 0.15) is 0 Å². The third-order valence-electron chi connectivity index (χ3n) is 4.11. The fraction of sp³-hybridized carbons (Fsp3) is 0.375. The molecule has 2 heteroatoms. The predicted molar refractivity (Wildman–Crippen MR) is 74.6 cm³/mol. The molecule has 0 aliphatic carbocycles. The quantitative estimate of drug-likeness (QED) is 0.830. The van der Waals surface area contributed by atoms with Gasteiger partial charge in [-0.15, -0.1) is 0 Å². The van der Waals surface area contributed by atoms with Gasteiger partial charge in [-0.3, -0.25) is 0 Å². The number of benzene rings is 2. The summed E-state index contributed by atoms with van der Waals surface area (Å²) in [5, 5.41) is 13.3. The van der Waals surface area contributed by atoms with Crippen molar-refractivity contribution in [1.82, 2.24) is 4.90 Å². The van der Waals surface area contributed by atoms with E-state index in [2.05, 4.69) is 36.2 Å². The van der Waals surface area contributed by atoms with E-state index in [0.717, 1.165) is 31.5 Å². The number of fused-ring (bicyclic) bond motifs is 1. The largest absolute Gasteiger partial charge is 0.385 e. The molecule has 0 unspecified atom stereocenters. The van der Waals surface area contributed by atoms with Crippen molar-refractivity contribution in [3.63, 3.8) is 0 Å². The monoisotopic (exact) mass is 241 g/mol. The van der Waals surface area contributed by atoms with Gasteiger partial charge in [-0.05, 0) is 36.2 Å². The molecule has 0 amide bonds. The van der Waals surface area contributed by atoms with Crippen LogP contribution in [0, 0.1) is 0 Å². The van der Waals surface area contributed by atoms with E-state index >= 15 is 0 Å². The average molecular weight is 241 g/mol. The molecule has 0 aromatic heterocycles. The smallest absolute Gasteiger partial charge is 0.0926 e. The number of hydrogen-bond acceptors (Lipinski definition) is 2. The zero-order valence-corrected chi connectivity index (χ0v) is 10.8. The molecule has 18 heavy (non-hydrogen) atoms. The lowest BCUT2D eigenvalue weighted by Crippen LogP contribution is -2.40. The zero-order valence-electron chi connectivity index (χ0n) is 10.8. The van der Waals surface area contributed by atoms with E-state index in [1.165, 1.54) is 10.8 Å². The third kappa shape index (κ3) is 1.92. The second kappa shape index (κ2) is 4.38. The van der Waals surface area contributed by atoms with Crippen LogP contribution in [0.1, 0.15) is 18.4 Å². The van der Waals surface area contributed by atoms with Gasteiger partial charge in [0.2, 0.25) is 0 Å². The van der Waals surface area contributed by atoms with Crippen LogP contribution in [0.25, 0.3) is 10.8 Å². The van der Waals surface area contributed by atoms with Crippen LogP contribution in [0.3, 0.4) is 0 Å². The standard InChI is InChI=1S/C16H19NO/c1-17-11-9-16(18,10-12-17)15-8-4-6-13-5-2-3-7-14(13)15/h2-8,18H,9-12H2,1H3. The van der Waals surface area contributed by atoms with E-state index in [9.17, 15) is 5.11 Å². The molecule has 1 saturated heterocycles. The summed E-state index contributed by atoms with van der Waals surface area (Å²) in [6, 6.07) is 14.5. The number of nitrogens with zero attached hydrogens (tertiary/aromatic N) is 1. The van der Waals surface area contributed by atoms with Crippen molar-refractivity contribution in [3.05, 3.63) is 48.0 Å². The van der Waals surface area contributed by atoms with Crippen molar-refractivity contribution < 1.29 is 5.11 Å². The maximum absolute atomic E-state index is 10.9. The van der Waals surface area contributed by atoms with E-state index in [1.807, 2.05) is 18.2 Å². The minimum absolute atomic E-state index is 0.659. The maximum atomic E-state index is 10.9. The molecule has 0 spiro atoms. The summed E-state index contributed by atoms with van der Waals surface area (Å²) in [5.74, 6) is 0. The van der Waals surface area contributed by atoms with Gasteiger partial charge in [-0.2, -0.15) is 0 Å². The Kier molecular flexibility index (Phi) is 2.84. The Labute approximate surface area is 108 Å². The number of rotatable bonds is 1. The molecular formula is C16H19NO. The summed E-state index contributed by atoms with van der Waals surface area (Å²) in [6.45, 7) is 1.92. The van der Waals surface area contributed by atoms with Gasteiger partial charge in [0.05, 0.1) is 5.60 Å². The first-order valence-electron chi connectivity index (χ1n) is 6.58. The molecule has 0 atom stereocenters. The SMILES string of the molecule is CN1CCC(O)(c2cccc3ccccc23)CC1. The highest BCUT2D eigenvalue weighted by atomic mass is 16.3. The highest BCUT2D eigenvalue weighted by Gasteiger charge is 2.33. The molecule has 1 aliphatic rings. The second-order valence-electron chi connectivity index (χ2n) is 5.36. The predicted octanol–water partition coefficient (Wildman–Crippen LogP) is 2.75. The number of piperidine rings is 1. The van der Waals surface area contributed by atoms with Crippen molar-refractivity contribution in [2.45, 2.75) is 18.4 Å². The van der Waals surface area contributed by atoms with Crippen molar-refractivity contribution in [2.24, 2.45) is 0 Å². The Bertz CT molecular complexity index is 551. The minimum Gasteiger partial charge on any atom is -0.385 e. The first-order valence-corrected chi connectivity index (χ1v) is 6.58. The molecule has 0 saturated carbocycles. The van der Waals surface area contributed by atoms with E-state index in [-0.39, 0.29) is 0 Å². The van der Waals surface area contributed by atoms with Crippen molar-refractivity contribution in [2.75, 3.05) is 20.1 Å².